The average Bonchev–Trinajstić information content (AvgIpc) is 3.20. The van der Waals surface area contributed by atoms with Gasteiger partial charge < -0.3 is 4.90 Å². The molecule has 1 saturated heterocycles. The zero-order valence-electron chi connectivity index (χ0n) is 19.6. The number of aryl methyl sites for hydroxylation is 3. The molecule has 1 aliphatic heterocycles. The summed E-state index contributed by atoms with van der Waals surface area (Å²) in [5.41, 5.74) is 8.02. The highest BCUT2D eigenvalue weighted by Crippen LogP contribution is 2.51. The van der Waals surface area contributed by atoms with Crippen LogP contribution in [0.5, 0.6) is 0 Å². The Morgan fingerprint density at radius 2 is 1.22 bits per heavy atom. The highest BCUT2D eigenvalue weighted by molar-refractivity contribution is 5.64. The summed E-state index contributed by atoms with van der Waals surface area (Å²) < 4.78 is 0. The van der Waals surface area contributed by atoms with Gasteiger partial charge in [0.05, 0.1) is 12.1 Å². The topological polar surface area (TPSA) is 6.48 Å². The lowest BCUT2D eigenvalue weighted by Crippen LogP contribution is -2.35. The first-order chi connectivity index (χ1) is 15.6. The Kier molecular flexibility index (Phi) is 6.06. The van der Waals surface area contributed by atoms with E-state index in [2.05, 4.69) is 110 Å². The number of benzene rings is 3. The number of nitrogens with zero attached hydrogens (tertiary/aromatic N) is 2. The van der Waals surface area contributed by atoms with Crippen molar-refractivity contribution in [3.8, 4) is 0 Å². The Morgan fingerprint density at radius 3 is 1.78 bits per heavy atom. The van der Waals surface area contributed by atoms with Crippen LogP contribution in [0.2, 0.25) is 0 Å². The summed E-state index contributed by atoms with van der Waals surface area (Å²) in [6.07, 6.45) is 6.53. The fourth-order valence-electron chi connectivity index (χ4n) is 5.93. The fourth-order valence-corrected chi connectivity index (χ4v) is 5.93. The van der Waals surface area contributed by atoms with Crippen molar-refractivity contribution in [3.05, 3.63) is 107 Å². The first-order valence-electron chi connectivity index (χ1n) is 12.1. The molecule has 5 rings (SSSR count). The third-order valence-electron chi connectivity index (χ3n) is 7.23. The molecule has 2 aliphatic rings. The first kappa shape index (κ1) is 21.3. The molecule has 164 valence electrons. The van der Waals surface area contributed by atoms with Gasteiger partial charge in [0.2, 0.25) is 0 Å². The quantitative estimate of drug-likeness (QED) is 0.428. The van der Waals surface area contributed by atoms with E-state index < -0.39 is 0 Å². The molecule has 1 saturated carbocycles. The standard InChI is InChI=1S/C30H34N2/c1-22-19-23(2)28(24(3)20-22)32-21-31(27-17-11-6-12-18-27)29(25-13-7-4-8-14-25)30(32)26-15-9-5-10-16-26/h4-5,7-10,13-16,19-20,27,29-30H,6,11-12,17-18H2,1-3H3/t29-,30-/m1/s1. The van der Waals surface area contributed by atoms with Crippen molar-refractivity contribution in [1.29, 1.82) is 0 Å². The van der Waals surface area contributed by atoms with Crippen LogP contribution < -0.4 is 4.90 Å². The molecule has 0 aromatic heterocycles. The molecule has 3 aromatic rings. The van der Waals surface area contributed by atoms with Crippen LogP contribution >= 0.6 is 0 Å². The zero-order chi connectivity index (χ0) is 22.1. The van der Waals surface area contributed by atoms with Crippen molar-refractivity contribution in [1.82, 2.24) is 4.90 Å². The molecule has 2 nitrogen and oxygen atoms in total. The van der Waals surface area contributed by atoms with Crippen LogP contribution in [0.1, 0.15) is 72.0 Å². The van der Waals surface area contributed by atoms with Crippen LogP contribution in [-0.2, 0) is 0 Å². The summed E-state index contributed by atoms with van der Waals surface area (Å²) in [6, 6.07) is 27.8. The third-order valence-corrected chi connectivity index (χ3v) is 7.23. The molecule has 0 bridgehead atoms. The number of anilines is 1. The van der Waals surface area contributed by atoms with Crippen LogP contribution in [-0.4, -0.2) is 10.9 Å². The number of hydrogen-bond donors (Lipinski definition) is 0. The van der Waals surface area contributed by atoms with Gasteiger partial charge in [0.25, 0.3) is 0 Å². The predicted molar refractivity (Wildman–Crippen MR) is 133 cm³/mol. The second-order valence-corrected chi connectivity index (χ2v) is 9.63. The molecule has 3 aromatic carbocycles. The lowest BCUT2D eigenvalue weighted by Gasteiger charge is -2.35. The Hall–Kier alpha value is -2.58. The molecule has 1 aliphatic carbocycles. The number of rotatable bonds is 4. The lowest BCUT2D eigenvalue weighted by atomic mass is 9.88. The van der Waals surface area contributed by atoms with E-state index in [-0.39, 0.29) is 12.1 Å². The van der Waals surface area contributed by atoms with E-state index in [4.69, 9.17) is 0 Å². The van der Waals surface area contributed by atoms with Gasteiger partial charge in [0.1, 0.15) is 0 Å². The van der Waals surface area contributed by atoms with Crippen molar-refractivity contribution < 1.29 is 0 Å². The second-order valence-electron chi connectivity index (χ2n) is 9.63. The van der Waals surface area contributed by atoms with Crippen LogP contribution in [0.15, 0.2) is 72.8 Å². The molecule has 0 spiro atoms. The number of hydrogen-bond acceptors (Lipinski definition) is 2. The van der Waals surface area contributed by atoms with Crippen molar-refractivity contribution in [2.24, 2.45) is 0 Å². The van der Waals surface area contributed by atoms with Crippen LogP contribution in [0.3, 0.4) is 0 Å². The monoisotopic (exact) mass is 422 g/mol. The molecule has 1 heterocycles. The smallest absolute Gasteiger partial charge is 0.178 e. The van der Waals surface area contributed by atoms with Gasteiger partial charge in [-0.15, -0.1) is 0 Å². The molecule has 0 N–H and O–H groups in total. The Bertz CT molecular complexity index is 1010. The normalized spacial score (nSPS) is 22.4. The highest BCUT2D eigenvalue weighted by atomic mass is 15.4. The minimum Gasteiger partial charge on any atom is -0.337 e. The Labute approximate surface area is 193 Å². The Balaban J connectivity index is 1.67. The summed E-state index contributed by atoms with van der Waals surface area (Å²) >= 11 is 0. The summed E-state index contributed by atoms with van der Waals surface area (Å²) in [4.78, 5) is 5.05. The van der Waals surface area contributed by atoms with Crippen molar-refractivity contribution >= 4 is 5.69 Å². The summed E-state index contributed by atoms with van der Waals surface area (Å²) in [6.45, 7) is 10.6. The highest BCUT2D eigenvalue weighted by Gasteiger charge is 2.46. The van der Waals surface area contributed by atoms with Crippen molar-refractivity contribution in [3.63, 3.8) is 0 Å². The van der Waals surface area contributed by atoms with Crippen LogP contribution in [0.4, 0.5) is 5.69 Å². The summed E-state index contributed by atoms with van der Waals surface area (Å²) in [5.74, 6) is 0. The minimum atomic E-state index is 0.195. The van der Waals surface area contributed by atoms with Gasteiger partial charge in [-0.3, -0.25) is 4.90 Å². The molecule has 2 heteroatoms. The van der Waals surface area contributed by atoms with E-state index in [9.17, 15) is 0 Å². The van der Waals surface area contributed by atoms with Gasteiger partial charge in [-0.2, -0.15) is 0 Å². The minimum absolute atomic E-state index is 0.195. The van der Waals surface area contributed by atoms with E-state index in [0.29, 0.717) is 6.04 Å². The molecule has 2 atom stereocenters. The molecule has 32 heavy (non-hydrogen) atoms. The molecule has 2 fully saturated rings. The van der Waals surface area contributed by atoms with Crippen LogP contribution in [0, 0.1) is 27.4 Å². The molecule has 0 unspecified atom stereocenters. The summed E-state index contributed by atoms with van der Waals surface area (Å²) in [7, 11) is 0. The Morgan fingerprint density at radius 1 is 0.688 bits per heavy atom. The molecular weight excluding hydrogens is 388 g/mol. The SMILES string of the molecule is Cc1cc(C)c(N2[C]N(C3CCCCC3)[C@H](c3ccccc3)[C@H]2c2ccccc2)c(C)c1. The second kappa shape index (κ2) is 9.11. The fraction of sp³-hybridized carbons (Fsp3) is 0.367. The van der Waals surface area contributed by atoms with Gasteiger partial charge >= 0.3 is 0 Å². The van der Waals surface area contributed by atoms with E-state index in [1.54, 1.807) is 0 Å². The van der Waals surface area contributed by atoms with Gasteiger partial charge in [-0.05, 0) is 55.9 Å². The van der Waals surface area contributed by atoms with Crippen molar-refractivity contribution in [2.75, 3.05) is 4.90 Å². The third kappa shape index (κ3) is 3.97. The van der Waals surface area contributed by atoms with Crippen molar-refractivity contribution in [2.45, 2.75) is 71.0 Å². The molecule has 0 amide bonds. The van der Waals surface area contributed by atoms with E-state index in [0.717, 1.165) is 0 Å². The van der Waals surface area contributed by atoms with Gasteiger partial charge in [-0.25, -0.2) is 0 Å². The maximum absolute atomic E-state index is 3.94. The zero-order valence-corrected chi connectivity index (χ0v) is 19.6. The van der Waals surface area contributed by atoms with Gasteiger partial charge in [0.15, 0.2) is 6.67 Å². The van der Waals surface area contributed by atoms with E-state index in [1.807, 2.05) is 0 Å². The van der Waals surface area contributed by atoms with Gasteiger partial charge in [-0.1, -0.05) is 97.6 Å². The van der Waals surface area contributed by atoms with Gasteiger partial charge in [0, 0.05) is 11.7 Å². The maximum Gasteiger partial charge on any atom is 0.178 e. The first-order valence-corrected chi connectivity index (χ1v) is 12.1. The molecule has 2 radical (unpaired) electrons. The van der Waals surface area contributed by atoms with Crippen LogP contribution in [0.25, 0.3) is 0 Å². The molecular formula is C30H34N2. The van der Waals surface area contributed by atoms with E-state index >= 15 is 0 Å². The van der Waals surface area contributed by atoms with E-state index in [1.165, 1.54) is 65.6 Å². The summed E-state index contributed by atoms with van der Waals surface area (Å²) in [5, 5.41) is 0. The largest absolute Gasteiger partial charge is 0.337 e. The predicted octanol–water partition coefficient (Wildman–Crippen LogP) is 7.55. The lowest BCUT2D eigenvalue weighted by molar-refractivity contribution is 0.161. The maximum atomic E-state index is 3.94. The average molecular weight is 423 g/mol.